The molecule has 0 atom stereocenters. The maximum Gasteiger partial charge on any atom is 0.216 e. The van der Waals surface area contributed by atoms with Gasteiger partial charge >= 0.3 is 0 Å². The van der Waals surface area contributed by atoms with Crippen molar-refractivity contribution in [1.82, 2.24) is 14.9 Å². The number of rotatable bonds is 7. The lowest BCUT2D eigenvalue weighted by Crippen LogP contribution is -1.99. The Balaban J connectivity index is 1.63. The van der Waals surface area contributed by atoms with Gasteiger partial charge in [-0.15, -0.1) is 0 Å². The minimum atomic E-state index is 0.503. The summed E-state index contributed by atoms with van der Waals surface area (Å²) in [5.41, 5.74) is 3.37. The highest BCUT2D eigenvalue weighted by molar-refractivity contribution is 7.71. The average molecular weight is 366 g/mol. The van der Waals surface area contributed by atoms with Crippen molar-refractivity contribution >= 4 is 18.4 Å². The van der Waals surface area contributed by atoms with E-state index >= 15 is 0 Å². The molecule has 26 heavy (non-hydrogen) atoms. The number of aromatic nitrogens is 3. The lowest BCUT2D eigenvalue weighted by Gasteiger charge is -2.07. The standard InChI is InChI=1S/C20H22N4OS/c1-3-4-19-22-23-20(26)24(19)21-13-16-9-11-18(12-10-16)25-14-17-7-5-15(2)6-8-17/h5-13H,3-4,14H2,1-2H3,(H,23,26)/b21-13+. The van der Waals surface area contributed by atoms with Gasteiger partial charge < -0.3 is 4.74 Å². The van der Waals surface area contributed by atoms with E-state index in [0.717, 1.165) is 35.5 Å². The molecule has 0 aliphatic heterocycles. The molecule has 0 aliphatic carbocycles. The summed E-state index contributed by atoms with van der Waals surface area (Å²) in [5.74, 6) is 1.67. The number of ether oxygens (including phenoxy) is 1. The average Bonchev–Trinajstić information content (AvgIpc) is 3.00. The fraction of sp³-hybridized carbons (Fsp3) is 0.250. The first-order chi connectivity index (χ1) is 12.7. The van der Waals surface area contributed by atoms with E-state index in [1.54, 1.807) is 10.9 Å². The first-order valence-corrected chi connectivity index (χ1v) is 9.05. The molecule has 0 saturated heterocycles. The first-order valence-electron chi connectivity index (χ1n) is 8.65. The third-order valence-corrected chi connectivity index (χ3v) is 4.18. The van der Waals surface area contributed by atoms with Gasteiger partial charge in [-0.3, -0.25) is 5.10 Å². The zero-order valence-corrected chi connectivity index (χ0v) is 15.8. The molecular weight excluding hydrogens is 344 g/mol. The second-order valence-corrected chi connectivity index (χ2v) is 6.48. The smallest absolute Gasteiger partial charge is 0.216 e. The van der Waals surface area contributed by atoms with Gasteiger partial charge in [-0.05, 0) is 61.0 Å². The van der Waals surface area contributed by atoms with Crippen LogP contribution in [0.5, 0.6) is 5.75 Å². The lowest BCUT2D eigenvalue weighted by molar-refractivity contribution is 0.306. The summed E-state index contributed by atoms with van der Waals surface area (Å²) in [6, 6.07) is 16.2. The number of benzene rings is 2. The van der Waals surface area contributed by atoms with E-state index in [4.69, 9.17) is 17.0 Å². The van der Waals surface area contributed by atoms with Gasteiger partial charge in [0.25, 0.3) is 0 Å². The van der Waals surface area contributed by atoms with Crippen LogP contribution in [0.25, 0.3) is 0 Å². The number of nitrogens with one attached hydrogen (secondary N) is 1. The van der Waals surface area contributed by atoms with Crippen LogP contribution in [0.2, 0.25) is 0 Å². The Labute approximate surface area is 158 Å². The molecule has 0 saturated carbocycles. The molecule has 1 heterocycles. The molecule has 3 rings (SSSR count). The number of hydrogen-bond acceptors (Lipinski definition) is 4. The molecule has 0 aliphatic rings. The van der Waals surface area contributed by atoms with Crippen molar-refractivity contribution in [2.45, 2.75) is 33.3 Å². The van der Waals surface area contributed by atoms with Gasteiger partial charge in [0.05, 0.1) is 6.21 Å². The minimum absolute atomic E-state index is 0.503. The number of hydrogen-bond donors (Lipinski definition) is 1. The van der Waals surface area contributed by atoms with Gasteiger partial charge in [-0.2, -0.15) is 14.9 Å². The molecule has 1 aromatic heterocycles. The van der Waals surface area contributed by atoms with Crippen LogP contribution in [0, 0.1) is 11.7 Å². The molecule has 6 heteroatoms. The Bertz CT molecular complexity index is 924. The largest absolute Gasteiger partial charge is 0.489 e. The van der Waals surface area contributed by atoms with Crippen molar-refractivity contribution in [3.8, 4) is 5.75 Å². The highest BCUT2D eigenvalue weighted by Crippen LogP contribution is 2.14. The van der Waals surface area contributed by atoms with E-state index < -0.39 is 0 Å². The Morgan fingerprint density at radius 3 is 2.58 bits per heavy atom. The van der Waals surface area contributed by atoms with Gasteiger partial charge in [-0.25, -0.2) is 0 Å². The molecule has 0 fully saturated rings. The predicted molar refractivity (Wildman–Crippen MR) is 106 cm³/mol. The van der Waals surface area contributed by atoms with E-state index in [1.165, 1.54) is 5.56 Å². The van der Waals surface area contributed by atoms with Gasteiger partial charge in [0, 0.05) is 6.42 Å². The zero-order valence-electron chi connectivity index (χ0n) is 15.0. The second-order valence-electron chi connectivity index (χ2n) is 6.09. The maximum absolute atomic E-state index is 5.83. The summed E-state index contributed by atoms with van der Waals surface area (Å²) in [6.45, 7) is 4.73. The summed E-state index contributed by atoms with van der Waals surface area (Å²) >= 11 is 5.22. The Morgan fingerprint density at radius 2 is 1.88 bits per heavy atom. The summed E-state index contributed by atoms with van der Waals surface area (Å²) in [4.78, 5) is 0. The fourth-order valence-corrected chi connectivity index (χ4v) is 2.65. The molecule has 5 nitrogen and oxygen atoms in total. The number of nitrogens with zero attached hydrogens (tertiary/aromatic N) is 3. The fourth-order valence-electron chi connectivity index (χ4n) is 2.45. The molecule has 3 aromatic rings. The van der Waals surface area contributed by atoms with E-state index in [9.17, 15) is 0 Å². The van der Waals surface area contributed by atoms with Crippen LogP contribution in [0.1, 0.15) is 35.9 Å². The van der Waals surface area contributed by atoms with Crippen LogP contribution in [0.15, 0.2) is 53.6 Å². The lowest BCUT2D eigenvalue weighted by atomic mass is 10.2. The Morgan fingerprint density at radius 1 is 1.15 bits per heavy atom. The van der Waals surface area contributed by atoms with Crippen molar-refractivity contribution in [3.05, 3.63) is 75.8 Å². The predicted octanol–water partition coefficient (Wildman–Crippen LogP) is 4.66. The van der Waals surface area contributed by atoms with E-state index in [0.29, 0.717) is 11.4 Å². The van der Waals surface area contributed by atoms with Crippen molar-refractivity contribution < 1.29 is 4.74 Å². The second kappa shape index (κ2) is 8.58. The number of aryl methyl sites for hydroxylation is 2. The van der Waals surface area contributed by atoms with Crippen LogP contribution in [-0.4, -0.2) is 21.1 Å². The third kappa shape index (κ3) is 4.67. The van der Waals surface area contributed by atoms with E-state index in [2.05, 4.69) is 53.4 Å². The molecular formula is C20H22N4OS. The normalized spacial score (nSPS) is 11.2. The van der Waals surface area contributed by atoms with Crippen molar-refractivity contribution in [3.63, 3.8) is 0 Å². The molecule has 0 amide bonds. The SMILES string of the molecule is CCCc1n[nH]c(=S)n1/N=C/c1ccc(OCc2ccc(C)cc2)cc1. The topological polar surface area (TPSA) is 55.2 Å². The summed E-state index contributed by atoms with van der Waals surface area (Å²) in [5, 5.41) is 11.4. The van der Waals surface area contributed by atoms with Crippen LogP contribution >= 0.6 is 12.2 Å². The van der Waals surface area contributed by atoms with Gasteiger partial charge in [0.15, 0.2) is 5.82 Å². The quantitative estimate of drug-likeness (QED) is 0.489. The summed E-state index contributed by atoms with van der Waals surface area (Å²) in [6.07, 6.45) is 3.59. The monoisotopic (exact) mass is 366 g/mol. The van der Waals surface area contributed by atoms with Gasteiger partial charge in [0.2, 0.25) is 4.77 Å². The summed E-state index contributed by atoms with van der Waals surface area (Å²) in [7, 11) is 0. The van der Waals surface area contributed by atoms with Gasteiger partial charge in [0.1, 0.15) is 12.4 Å². The molecule has 0 unspecified atom stereocenters. The maximum atomic E-state index is 5.83. The molecule has 0 radical (unpaired) electrons. The van der Waals surface area contributed by atoms with Crippen molar-refractivity contribution in [1.29, 1.82) is 0 Å². The highest BCUT2D eigenvalue weighted by atomic mass is 32.1. The van der Waals surface area contributed by atoms with Crippen LogP contribution in [-0.2, 0) is 13.0 Å². The molecule has 0 bridgehead atoms. The molecule has 0 spiro atoms. The molecule has 2 aromatic carbocycles. The van der Waals surface area contributed by atoms with Crippen LogP contribution in [0.3, 0.4) is 0 Å². The van der Waals surface area contributed by atoms with Crippen LogP contribution < -0.4 is 4.74 Å². The van der Waals surface area contributed by atoms with Crippen LogP contribution in [0.4, 0.5) is 0 Å². The molecule has 1 N–H and O–H groups in total. The Hall–Kier alpha value is -2.73. The Kier molecular flexibility index (Phi) is 5.96. The molecule has 134 valence electrons. The number of H-pyrrole nitrogens is 1. The third-order valence-electron chi connectivity index (χ3n) is 3.92. The number of aromatic amines is 1. The van der Waals surface area contributed by atoms with Crippen molar-refractivity contribution in [2.75, 3.05) is 0 Å². The summed E-state index contributed by atoms with van der Waals surface area (Å²) < 4.78 is 8.00. The highest BCUT2D eigenvalue weighted by Gasteiger charge is 2.03. The van der Waals surface area contributed by atoms with E-state index in [1.807, 2.05) is 24.3 Å². The van der Waals surface area contributed by atoms with Gasteiger partial charge in [-0.1, -0.05) is 36.8 Å². The zero-order chi connectivity index (χ0) is 18.4. The first kappa shape index (κ1) is 18.1. The van der Waals surface area contributed by atoms with Crippen molar-refractivity contribution in [2.24, 2.45) is 5.10 Å². The van der Waals surface area contributed by atoms with E-state index in [-0.39, 0.29) is 0 Å². The minimum Gasteiger partial charge on any atom is -0.489 e.